The fraction of sp³-hybridized carbons (Fsp3) is 0.556. The molecule has 0 radical (unpaired) electrons. The number of nitrogens with one attached hydrogen (secondary N) is 1. The van der Waals surface area contributed by atoms with Crippen molar-refractivity contribution >= 4 is 11.3 Å². The molecule has 0 amide bonds. The molecule has 0 aliphatic carbocycles. The Morgan fingerprint density at radius 1 is 1.58 bits per heavy atom. The van der Waals surface area contributed by atoms with E-state index < -0.39 is 0 Å². The molecule has 3 N–H and O–H groups in total. The third kappa shape index (κ3) is 1.86. The highest BCUT2D eigenvalue weighted by molar-refractivity contribution is 7.10. The monoisotopic (exact) mass is 184 g/mol. The molecule has 12 heavy (non-hydrogen) atoms. The van der Waals surface area contributed by atoms with Gasteiger partial charge >= 0.3 is 0 Å². The van der Waals surface area contributed by atoms with E-state index in [9.17, 15) is 0 Å². The van der Waals surface area contributed by atoms with Crippen molar-refractivity contribution in [3.8, 4) is 0 Å². The maximum atomic E-state index is 5.85. The molecule has 0 spiro atoms. The van der Waals surface area contributed by atoms with Gasteiger partial charge in [0, 0.05) is 10.9 Å². The Labute approximate surface area is 77.8 Å². The Morgan fingerprint density at radius 3 is 2.58 bits per heavy atom. The molecule has 2 atom stereocenters. The van der Waals surface area contributed by atoms with Gasteiger partial charge in [0.1, 0.15) is 0 Å². The Bertz CT molecular complexity index is 242. The third-order valence-corrected chi connectivity index (χ3v) is 3.12. The molecule has 1 aromatic heterocycles. The van der Waals surface area contributed by atoms with E-state index in [2.05, 4.69) is 23.7 Å². The lowest BCUT2D eigenvalue weighted by Crippen LogP contribution is -2.33. The van der Waals surface area contributed by atoms with Gasteiger partial charge in [0.05, 0.1) is 6.04 Å². The first-order valence-corrected chi connectivity index (χ1v) is 5.01. The van der Waals surface area contributed by atoms with Crippen molar-refractivity contribution in [1.29, 1.82) is 0 Å². The van der Waals surface area contributed by atoms with Gasteiger partial charge in [-0.15, -0.1) is 11.3 Å². The lowest BCUT2D eigenvalue weighted by atomic mass is 10.1. The van der Waals surface area contributed by atoms with Crippen LogP contribution in [0.15, 0.2) is 11.4 Å². The Morgan fingerprint density at radius 2 is 2.25 bits per heavy atom. The second-order valence-corrected chi connectivity index (χ2v) is 4.04. The Balaban J connectivity index is 2.87. The number of nitrogens with two attached hydrogens (primary N) is 1. The summed E-state index contributed by atoms with van der Waals surface area (Å²) in [6.45, 7) is 4.15. The summed E-state index contributed by atoms with van der Waals surface area (Å²) in [5.74, 6) is 0. The number of thiophene rings is 1. The van der Waals surface area contributed by atoms with E-state index in [1.807, 2.05) is 14.0 Å². The van der Waals surface area contributed by atoms with Gasteiger partial charge in [-0.25, -0.2) is 0 Å². The Kier molecular flexibility index (Phi) is 3.26. The average Bonchev–Trinajstić information content (AvgIpc) is 2.38. The van der Waals surface area contributed by atoms with E-state index in [1.54, 1.807) is 11.3 Å². The van der Waals surface area contributed by atoms with Crippen molar-refractivity contribution in [2.45, 2.75) is 25.9 Å². The number of rotatable bonds is 3. The molecule has 0 saturated heterocycles. The molecule has 1 heterocycles. The van der Waals surface area contributed by atoms with Gasteiger partial charge in [-0.1, -0.05) is 0 Å². The van der Waals surface area contributed by atoms with E-state index in [4.69, 9.17) is 5.73 Å². The van der Waals surface area contributed by atoms with Gasteiger partial charge in [-0.3, -0.25) is 0 Å². The van der Waals surface area contributed by atoms with Crippen LogP contribution in [0.2, 0.25) is 0 Å². The summed E-state index contributed by atoms with van der Waals surface area (Å²) in [6, 6.07) is 2.59. The van der Waals surface area contributed by atoms with Crippen LogP contribution >= 0.6 is 11.3 Å². The van der Waals surface area contributed by atoms with Gasteiger partial charge in [0.15, 0.2) is 0 Å². The summed E-state index contributed by atoms with van der Waals surface area (Å²) in [5, 5.41) is 5.34. The van der Waals surface area contributed by atoms with Crippen LogP contribution in [0.25, 0.3) is 0 Å². The normalized spacial score (nSPS) is 16.0. The summed E-state index contributed by atoms with van der Waals surface area (Å²) >= 11 is 1.77. The minimum absolute atomic E-state index is 0.160. The molecule has 0 saturated carbocycles. The molecule has 0 aliphatic heterocycles. The van der Waals surface area contributed by atoms with Crippen molar-refractivity contribution in [2.24, 2.45) is 5.73 Å². The number of likely N-dealkylation sites (N-methyl/N-ethyl adjacent to an activating group) is 1. The van der Waals surface area contributed by atoms with E-state index >= 15 is 0 Å². The fourth-order valence-electron chi connectivity index (χ4n) is 1.34. The Hall–Kier alpha value is -0.380. The van der Waals surface area contributed by atoms with Crippen LogP contribution in [0.3, 0.4) is 0 Å². The zero-order valence-electron chi connectivity index (χ0n) is 7.79. The lowest BCUT2D eigenvalue weighted by Gasteiger charge is -2.19. The summed E-state index contributed by atoms with van der Waals surface area (Å²) in [5.41, 5.74) is 7.18. The van der Waals surface area contributed by atoms with Crippen LogP contribution in [0.5, 0.6) is 0 Å². The molecule has 68 valence electrons. The van der Waals surface area contributed by atoms with E-state index in [-0.39, 0.29) is 6.04 Å². The van der Waals surface area contributed by atoms with Crippen molar-refractivity contribution in [1.82, 2.24) is 5.32 Å². The molecule has 1 rings (SSSR count). The summed E-state index contributed by atoms with van der Waals surface area (Å²) in [7, 11) is 1.95. The van der Waals surface area contributed by atoms with Crippen LogP contribution in [-0.4, -0.2) is 13.1 Å². The lowest BCUT2D eigenvalue weighted by molar-refractivity contribution is 0.509. The van der Waals surface area contributed by atoms with Gasteiger partial charge in [0.25, 0.3) is 0 Å². The topological polar surface area (TPSA) is 38.0 Å². The molecule has 0 aliphatic rings. The first kappa shape index (κ1) is 9.71. The quantitative estimate of drug-likeness (QED) is 0.750. The van der Waals surface area contributed by atoms with Crippen LogP contribution < -0.4 is 11.1 Å². The van der Waals surface area contributed by atoms with Crippen molar-refractivity contribution < 1.29 is 0 Å². The van der Waals surface area contributed by atoms with Crippen LogP contribution in [-0.2, 0) is 0 Å². The van der Waals surface area contributed by atoms with Crippen LogP contribution in [0, 0.1) is 6.92 Å². The molecule has 2 nitrogen and oxygen atoms in total. The molecular formula is C9H16N2S. The van der Waals surface area contributed by atoms with E-state index in [0.29, 0.717) is 6.04 Å². The predicted octanol–water partition coefficient (Wildman–Crippen LogP) is 1.66. The maximum Gasteiger partial charge on any atom is 0.0565 e. The SMILES string of the molecule is CNC(c1sccc1C)C(C)N. The molecule has 0 bridgehead atoms. The van der Waals surface area contributed by atoms with Crippen LogP contribution in [0.1, 0.15) is 23.4 Å². The zero-order chi connectivity index (χ0) is 9.14. The molecule has 2 unspecified atom stereocenters. The van der Waals surface area contributed by atoms with E-state index in [1.165, 1.54) is 10.4 Å². The predicted molar refractivity (Wildman–Crippen MR) is 54.5 cm³/mol. The van der Waals surface area contributed by atoms with Crippen molar-refractivity contribution in [3.63, 3.8) is 0 Å². The minimum Gasteiger partial charge on any atom is -0.326 e. The molecule has 0 aromatic carbocycles. The van der Waals surface area contributed by atoms with Crippen molar-refractivity contribution in [3.05, 3.63) is 21.9 Å². The second-order valence-electron chi connectivity index (χ2n) is 3.09. The highest BCUT2D eigenvalue weighted by atomic mass is 32.1. The van der Waals surface area contributed by atoms with Gasteiger partial charge in [-0.2, -0.15) is 0 Å². The first-order chi connectivity index (χ1) is 5.66. The van der Waals surface area contributed by atoms with Crippen molar-refractivity contribution in [2.75, 3.05) is 7.05 Å². The molecule has 1 aromatic rings. The van der Waals surface area contributed by atoms with E-state index in [0.717, 1.165) is 0 Å². The number of hydrogen-bond acceptors (Lipinski definition) is 3. The summed E-state index contributed by atoms with van der Waals surface area (Å²) < 4.78 is 0. The highest BCUT2D eigenvalue weighted by Gasteiger charge is 2.16. The molecular weight excluding hydrogens is 168 g/mol. The largest absolute Gasteiger partial charge is 0.326 e. The average molecular weight is 184 g/mol. The third-order valence-electron chi connectivity index (χ3n) is 2.02. The minimum atomic E-state index is 0.160. The smallest absolute Gasteiger partial charge is 0.0565 e. The standard InChI is InChI=1S/C9H16N2S/c1-6-4-5-12-9(6)8(11-3)7(2)10/h4-5,7-8,11H,10H2,1-3H3. The number of hydrogen-bond donors (Lipinski definition) is 2. The second kappa shape index (κ2) is 4.03. The maximum absolute atomic E-state index is 5.85. The van der Waals surface area contributed by atoms with Gasteiger partial charge < -0.3 is 11.1 Å². The number of aryl methyl sites for hydroxylation is 1. The fourth-order valence-corrected chi connectivity index (χ4v) is 2.49. The molecule has 0 fully saturated rings. The van der Waals surface area contributed by atoms with Gasteiger partial charge in [-0.05, 0) is 37.9 Å². The van der Waals surface area contributed by atoms with Gasteiger partial charge in [0.2, 0.25) is 0 Å². The van der Waals surface area contributed by atoms with Crippen LogP contribution in [0.4, 0.5) is 0 Å². The first-order valence-electron chi connectivity index (χ1n) is 4.13. The summed E-state index contributed by atoms with van der Waals surface area (Å²) in [6.07, 6.45) is 0. The summed E-state index contributed by atoms with van der Waals surface area (Å²) in [4.78, 5) is 1.35. The zero-order valence-corrected chi connectivity index (χ0v) is 8.61. The highest BCUT2D eigenvalue weighted by Crippen LogP contribution is 2.24. The molecule has 3 heteroatoms.